The van der Waals surface area contributed by atoms with Crippen LogP contribution in [0.2, 0.25) is 0 Å². The minimum absolute atomic E-state index is 1.17. The molecule has 1 N–H and O–H groups in total. The summed E-state index contributed by atoms with van der Waals surface area (Å²) < 4.78 is 0. The van der Waals surface area contributed by atoms with Crippen LogP contribution in [0, 0.1) is 13.8 Å². The van der Waals surface area contributed by atoms with Crippen LogP contribution >= 0.6 is 8.20 Å². The maximum atomic E-state index is 3.53. The molecule has 2 aromatic carbocycles. The average molecular weight is 255 g/mol. The molecular formula is C16H18NP. The highest BCUT2D eigenvalue weighted by molar-refractivity contribution is 7.40. The molecule has 0 aliphatic rings. The molecule has 92 valence electrons. The van der Waals surface area contributed by atoms with Crippen LogP contribution in [0.15, 0.2) is 48.5 Å². The van der Waals surface area contributed by atoms with Gasteiger partial charge in [-0.05, 0) is 43.8 Å². The molecule has 0 fully saturated rings. The van der Waals surface area contributed by atoms with E-state index in [2.05, 4.69) is 68.3 Å². The number of benzene rings is 2. The first kappa shape index (κ1) is 12.9. The molecule has 0 saturated heterocycles. The summed E-state index contributed by atoms with van der Waals surface area (Å²) in [6.07, 6.45) is 0. The van der Waals surface area contributed by atoms with Gasteiger partial charge >= 0.3 is 0 Å². The van der Waals surface area contributed by atoms with Gasteiger partial charge in [0.15, 0.2) is 0 Å². The molecule has 2 heteroatoms. The summed E-state index contributed by atoms with van der Waals surface area (Å²) in [7, 11) is 1.24. The fourth-order valence-electron chi connectivity index (χ4n) is 2.04. The number of rotatable bonds is 3. The Kier molecular flexibility index (Phi) is 4.17. The number of hydrogen-bond donors (Lipinski definition) is 1. The van der Waals surface area contributed by atoms with E-state index in [-0.39, 0.29) is 0 Å². The first-order chi connectivity index (χ1) is 8.69. The Morgan fingerprint density at radius 2 is 1.56 bits per heavy atom. The SMILES string of the molecule is C/P=C(\Nc1cc(C)cc(C)c1)c1ccccc1. The molecule has 0 aromatic heterocycles. The van der Waals surface area contributed by atoms with Crippen molar-refractivity contribution in [2.45, 2.75) is 13.8 Å². The van der Waals surface area contributed by atoms with Crippen molar-refractivity contribution in [3.05, 3.63) is 65.2 Å². The summed E-state index contributed by atoms with van der Waals surface area (Å²) in [5, 5.41) is 3.53. The Hall–Kier alpha value is -1.59. The molecule has 0 amide bonds. The fourth-order valence-corrected chi connectivity index (χ4v) is 2.68. The van der Waals surface area contributed by atoms with Crippen molar-refractivity contribution in [2.24, 2.45) is 0 Å². The number of anilines is 1. The second-order valence-electron chi connectivity index (χ2n) is 4.44. The number of nitrogens with one attached hydrogen (secondary N) is 1. The molecule has 0 heterocycles. The number of aryl methyl sites for hydroxylation is 2. The van der Waals surface area contributed by atoms with Crippen LogP contribution < -0.4 is 5.32 Å². The smallest absolute Gasteiger partial charge is 0.0687 e. The van der Waals surface area contributed by atoms with Crippen molar-refractivity contribution < 1.29 is 0 Å². The van der Waals surface area contributed by atoms with E-state index in [1.807, 2.05) is 6.07 Å². The van der Waals surface area contributed by atoms with Crippen molar-refractivity contribution in [3.63, 3.8) is 0 Å². The van der Waals surface area contributed by atoms with Crippen LogP contribution in [0.5, 0.6) is 0 Å². The molecule has 0 radical (unpaired) electrons. The average Bonchev–Trinajstić information content (AvgIpc) is 2.36. The highest BCUT2D eigenvalue weighted by Gasteiger charge is 2.02. The van der Waals surface area contributed by atoms with E-state index in [9.17, 15) is 0 Å². The molecule has 2 aromatic rings. The van der Waals surface area contributed by atoms with Crippen molar-refractivity contribution in [1.29, 1.82) is 0 Å². The van der Waals surface area contributed by atoms with E-state index < -0.39 is 0 Å². The fraction of sp³-hybridized carbons (Fsp3) is 0.188. The first-order valence-corrected chi connectivity index (χ1v) is 7.41. The Bertz CT molecular complexity index is 538. The molecule has 1 nitrogen and oxygen atoms in total. The lowest BCUT2D eigenvalue weighted by molar-refractivity contribution is 1.38. The normalized spacial score (nSPS) is 11.4. The summed E-state index contributed by atoms with van der Waals surface area (Å²) >= 11 is 0. The zero-order valence-corrected chi connectivity index (χ0v) is 12.0. The highest BCUT2D eigenvalue weighted by atomic mass is 31.1. The van der Waals surface area contributed by atoms with E-state index in [0.717, 1.165) is 0 Å². The van der Waals surface area contributed by atoms with Crippen LogP contribution in [-0.4, -0.2) is 12.1 Å². The van der Waals surface area contributed by atoms with Gasteiger partial charge in [0.25, 0.3) is 0 Å². The molecule has 0 spiro atoms. The lowest BCUT2D eigenvalue weighted by atomic mass is 10.1. The van der Waals surface area contributed by atoms with Crippen LogP contribution in [0.3, 0.4) is 0 Å². The quantitative estimate of drug-likeness (QED) is 0.798. The van der Waals surface area contributed by atoms with Gasteiger partial charge in [-0.3, -0.25) is 0 Å². The monoisotopic (exact) mass is 255 g/mol. The molecule has 2 rings (SSSR count). The van der Waals surface area contributed by atoms with E-state index in [1.54, 1.807) is 0 Å². The van der Waals surface area contributed by atoms with E-state index in [4.69, 9.17) is 0 Å². The van der Waals surface area contributed by atoms with Gasteiger partial charge in [0.05, 0.1) is 5.42 Å². The van der Waals surface area contributed by atoms with Crippen LogP contribution in [0.4, 0.5) is 5.69 Å². The first-order valence-electron chi connectivity index (χ1n) is 6.06. The van der Waals surface area contributed by atoms with E-state index >= 15 is 0 Å². The van der Waals surface area contributed by atoms with Gasteiger partial charge < -0.3 is 5.32 Å². The Balaban J connectivity index is 2.27. The third kappa shape index (κ3) is 3.21. The lowest BCUT2D eigenvalue weighted by Gasteiger charge is -2.12. The zero-order chi connectivity index (χ0) is 13.0. The van der Waals surface area contributed by atoms with Crippen molar-refractivity contribution in [1.82, 2.24) is 0 Å². The summed E-state index contributed by atoms with van der Waals surface area (Å²) in [6.45, 7) is 6.41. The third-order valence-corrected chi connectivity index (χ3v) is 3.57. The summed E-state index contributed by atoms with van der Waals surface area (Å²) in [5.74, 6) is 0. The minimum Gasteiger partial charge on any atom is -0.352 e. The summed E-state index contributed by atoms with van der Waals surface area (Å²) in [5.41, 5.74) is 6.23. The van der Waals surface area contributed by atoms with Crippen LogP contribution in [-0.2, 0) is 0 Å². The topological polar surface area (TPSA) is 12.0 Å². The van der Waals surface area contributed by atoms with Crippen LogP contribution in [0.1, 0.15) is 16.7 Å². The molecule has 0 aliphatic carbocycles. The van der Waals surface area contributed by atoms with Gasteiger partial charge in [0.2, 0.25) is 0 Å². The lowest BCUT2D eigenvalue weighted by Crippen LogP contribution is -2.11. The highest BCUT2D eigenvalue weighted by Crippen LogP contribution is 2.17. The van der Waals surface area contributed by atoms with Gasteiger partial charge in [-0.1, -0.05) is 44.6 Å². The van der Waals surface area contributed by atoms with Crippen molar-refractivity contribution >= 4 is 19.3 Å². The predicted molar refractivity (Wildman–Crippen MR) is 82.9 cm³/mol. The van der Waals surface area contributed by atoms with Crippen LogP contribution in [0.25, 0.3) is 0 Å². The Morgan fingerprint density at radius 3 is 2.11 bits per heavy atom. The molecule has 18 heavy (non-hydrogen) atoms. The largest absolute Gasteiger partial charge is 0.352 e. The molecule has 0 atom stereocenters. The zero-order valence-electron chi connectivity index (χ0n) is 11.1. The number of hydrogen-bond acceptors (Lipinski definition) is 0. The molecule has 0 bridgehead atoms. The van der Waals surface area contributed by atoms with Gasteiger partial charge in [0.1, 0.15) is 0 Å². The maximum Gasteiger partial charge on any atom is 0.0687 e. The standard InChI is InChI=1S/C16H18NP/c1-12-9-13(2)11-15(10-12)17-16(18-3)14-7-5-4-6-8-14/h4-11,17H,1-3H3. The molecular weight excluding hydrogens is 237 g/mol. The van der Waals surface area contributed by atoms with Gasteiger partial charge in [-0.15, -0.1) is 0 Å². The molecule has 0 saturated carbocycles. The van der Waals surface area contributed by atoms with E-state index in [0.29, 0.717) is 0 Å². The molecule has 0 unspecified atom stereocenters. The second-order valence-corrected chi connectivity index (χ2v) is 5.33. The predicted octanol–water partition coefficient (Wildman–Crippen LogP) is 4.47. The molecule has 0 aliphatic heterocycles. The van der Waals surface area contributed by atoms with Crippen molar-refractivity contribution in [3.8, 4) is 0 Å². The van der Waals surface area contributed by atoms with E-state index in [1.165, 1.54) is 36.0 Å². The Labute approximate surface area is 111 Å². The van der Waals surface area contributed by atoms with Gasteiger partial charge in [-0.25, -0.2) is 0 Å². The van der Waals surface area contributed by atoms with Gasteiger partial charge in [0, 0.05) is 11.3 Å². The summed E-state index contributed by atoms with van der Waals surface area (Å²) in [6, 6.07) is 17.0. The minimum atomic E-state index is 1.17. The summed E-state index contributed by atoms with van der Waals surface area (Å²) in [4.78, 5) is 0. The second kappa shape index (κ2) is 5.84. The van der Waals surface area contributed by atoms with Crippen molar-refractivity contribution in [2.75, 3.05) is 12.0 Å². The van der Waals surface area contributed by atoms with Gasteiger partial charge in [-0.2, -0.15) is 0 Å². The maximum absolute atomic E-state index is 3.53. The Morgan fingerprint density at radius 1 is 0.944 bits per heavy atom. The third-order valence-electron chi connectivity index (χ3n) is 2.76.